The lowest BCUT2D eigenvalue weighted by Gasteiger charge is -2.30. The summed E-state index contributed by atoms with van der Waals surface area (Å²) < 4.78 is 28.6. The van der Waals surface area contributed by atoms with Gasteiger partial charge in [0.25, 0.3) is 0 Å². The SMILES string of the molecule is C=C(/C=C(\N=NC)c1c(F)cccc1F)[C@H]1CC[C@](C)(C(=O)Nc2ccc(C#N)cn2)C1C. The number of nitrogens with zero attached hydrogens (tertiary/aromatic N) is 4. The van der Waals surface area contributed by atoms with Gasteiger partial charge in [0.1, 0.15) is 23.5 Å². The highest BCUT2D eigenvalue weighted by Gasteiger charge is 2.48. The third kappa shape index (κ3) is 4.87. The molecule has 1 aromatic heterocycles. The van der Waals surface area contributed by atoms with Crippen LogP contribution in [0.15, 0.2) is 65.0 Å². The van der Waals surface area contributed by atoms with Crippen LogP contribution in [0, 0.1) is 40.2 Å². The first-order valence-corrected chi connectivity index (χ1v) is 10.5. The number of pyridine rings is 1. The number of halogens is 2. The highest BCUT2D eigenvalue weighted by Crippen LogP contribution is 2.50. The molecule has 1 fully saturated rings. The van der Waals surface area contributed by atoms with E-state index in [2.05, 4.69) is 27.1 Å². The molecule has 0 spiro atoms. The van der Waals surface area contributed by atoms with Crippen molar-refractivity contribution in [1.29, 1.82) is 5.26 Å². The van der Waals surface area contributed by atoms with Gasteiger partial charge in [-0.15, -0.1) is 0 Å². The van der Waals surface area contributed by atoms with E-state index in [9.17, 15) is 13.6 Å². The number of hydrogen-bond acceptors (Lipinski definition) is 5. The fraction of sp³-hybridized carbons (Fsp3) is 0.320. The second-order valence-corrected chi connectivity index (χ2v) is 8.35. The molecular formula is C25H25F2N5O. The molecule has 6 nitrogen and oxygen atoms in total. The van der Waals surface area contributed by atoms with Gasteiger partial charge in [0.05, 0.1) is 16.8 Å². The van der Waals surface area contributed by atoms with Crippen molar-refractivity contribution in [3.8, 4) is 6.07 Å². The van der Waals surface area contributed by atoms with Crippen molar-refractivity contribution in [1.82, 2.24) is 4.98 Å². The Morgan fingerprint density at radius 1 is 1.33 bits per heavy atom. The molecule has 1 amide bonds. The summed E-state index contributed by atoms with van der Waals surface area (Å²) in [6.07, 6.45) is 4.22. The summed E-state index contributed by atoms with van der Waals surface area (Å²) in [5.74, 6) is -1.48. The summed E-state index contributed by atoms with van der Waals surface area (Å²) >= 11 is 0. The van der Waals surface area contributed by atoms with E-state index in [0.717, 1.165) is 12.1 Å². The van der Waals surface area contributed by atoms with Crippen molar-refractivity contribution in [3.63, 3.8) is 0 Å². The summed E-state index contributed by atoms with van der Waals surface area (Å²) in [6, 6.07) is 8.78. The van der Waals surface area contributed by atoms with Crippen LogP contribution in [0.4, 0.5) is 14.6 Å². The zero-order chi connectivity index (χ0) is 24.2. The summed E-state index contributed by atoms with van der Waals surface area (Å²) in [5, 5.41) is 19.4. The Labute approximate surface area is 191 Å². The maximum absolute atomic E-state index is 14.3. The Balaban J connectivity index is 1.82. The van der Waals surface area contributed by atoms with Crippen LogP contribution in [0.5, 0.6) is 0 Å². The Bertz CT molecular complexity index is 1150. The second kappa shape index (κ2) is 9.82. The highest BCUT2D eigenvalue weighted by molar-refractivity contribution is 5.94. The molecule has 3 rings (SSSR count). The first kappa shape index (κ1) is 23.9. The Hall–Kier alpha value is -3.73. The molecule has 1 aliphatic carbocycles. The van der Waals surface area contributed by atoms with Crippen LogP contribution in [-0.2, 0) is 4.79 Å². The van der Waals surface area contributed by atoms with Gasteiger partial charge in [0, 0.05) is 18.7 Å². The van der Waals surface area contributed by atoms with Gasteiger partial charge in [-0.2, -0.15) is 15.5 Å². The number of rotatable bonds is 6. The smallest absolute Gasteiger partial charge is 0.231 e. The van der Waals surface area contributed by atoms with Gasteiger partial charge in [-0.1, -0.05) is 26.5 Å². The molecule has 1 unspecified atom stereocenters. The molecule has 2 aromatic rings. The number of amides is 1. The Kier molecular flexibility index (Phi) is 7.12. The third-order valence-corrected chi connectivity index (χ3v) is 6.46. The number of hydrogen-bond donors (Lipinski definition) is 1. The monoisotopic (exact) mass is 449 g/mol. The molecule has 0 radical (unpaired) electrons. The molecule has 3 atom stereocenters. The van der Waals surface area contributed by atoms with Gasteiger partial charge in [-0.05, 0) is 60.6 Å². The normalized spacial score (nSPS) is 22.8. The lowest BCUT2D eigenvalue weighted by molar-refractivity contribution is -0.126. The van der Waals surface area contributed by atoms with Gasteiger partial charge in [-0.3, -0.25) is 4.79 Å². The van der Waals surface area contributed by atoms with Crippen LogP contribution in [0.1, 0.15) is 37.8 Å². The van der Waals surface area contributed by atoms with Crippen molar-refractivity contribution < 1.29 is 13.6 Å². The fourth-order valence-electron chi connectivity index (χ4n) is 4.28. The number of azo groups is 1. The Morgan fingerprint density at radius 3 is 2.61 bits per heavy atom. The van der Waals surface area contributed by atoms with Gasteiger partial charge < -0.3 is 5.32 Å². The van der Waals surface area contributed by atoms with Crippen LogP contribution in [-0.4, -0.2) is 17.9 Å². The van der Waals surface area contributed by atoms with E-state index in [1.165, 1.54) is 19.3 Å². The number of aromatic nitrogens is 1. The molecule has 8 heteroatoms. The molecule has 1 saturated carbocycles. The maximum atomic E-state index is 14.3. The molecule has 1 aliphatic rings. The van der Waals surface area contributed by atoms with E-state index in [0.29, 0.717) is 29.8 Å². The van der Waals surface area contributed by atoms with Crippen molar-refractivity contribution in [2.24, 2.45) is 27.5 Å². The van der Waals surface area contributed by atoms with E-state index < -0.39 is 17.0 Å². The number of nitriles is 1. The summed E-state index contributed by atoms with van der Waals surface area (Å²) in [7, 11) is 1.42. The van der Waals surface area contributed by atoms with Crippen LogP contribution >= 0.6 is 0 Å². The van der Waals surface area contributed by atoms with E-state index in [1.54, 1.807) is 18.2 Å². The molecule has 0 bridgehead atoms. The lowest BCUT2D eigenvalue weighted by atomic mass is 9.75. The zero-order valence-corrected chi connectivity index (χ0v) is 18.8. The van der Waals surface area contributed by atoms with Crippen molar-refractivity contribution >= 4 is 17.4 Å². The minimum absolute atomic E-state index is 0.0464. The van der Waals surface area contributed by atoms with E-state index >= 15 is 0 Å². The number of allylic oxidation sites excluding steroid dienone is 2. The average Bonchev–Trinajstić information content (AvgIpc) is 3.10. The molecule has 170 valence electrons. The van der Waals surface area contributed by atoms with Crippen LogP contribution in [0.25, 0.3) is 5.70 Å². The number of anilines is 1. The zero-order valence-electron chi connectivity index (χ0n) is 18.8. The quantitative estimate of drug-likeness (QED) is 0.440. The fourth-order valence-corrected chi connectivity index (χ4v) is 4.28. The number of carbonyl (C=O) groups excluding carboxylic acids is 1. The molecule has 1 aromatic carbocycles. The first-order valence-electron chi connectivity index (χ1n) is 10.5. The molecular weight excluding hydrogens is 424 g/mol. The van der Waals surface area contributed by atoms with Gasteiger partial charge >= 0.3 is 0 Å². The lowest BCUT2D eigenvalue weighted by Crippen LogP contribution is -2.37. The maximum Gasteiger partial charge on any atom is 0.231 e. The van der Waals surface area contributed by atoms with Gasteiger partial charge in [0.15, 0.2) is 0 Å². The molecule has 0 aliphatic heterocycles. The number of carbonyl (C=O) groups is 1. The van der Waals surface area contributed by atoms with Crippen LogP contribution < -0.4 is 5.32 Å². The largest absolute Gasteiger partial charge is 0.310 e. The predicted molar refractivity (Wildman–Crippen MR) is 122 cm³/mol. The van der Waals surface area contributed by atoms with Crippen molar-refractivity contribution in [2.75, 3.05) is 12.4 Å². The van der Waals surface area contributed by atoms with Crippen molar-refractivity contribution in [2.45, 2.75) is 26.7 Å². The van der Waals surface area contributed by atoms with Crippen LogP contribution in [0.3, 0.4) is 0 Å². The van der Waals surface area contributed by atoms with Crippen LogP contribution in [0.2, 0.25) is 0 Å². The van der Waals surface area contributed by atoms with E-state index in [1.807, 2.05) is 19.9 Å². The standard InChI is InChI=1S/C25H25F2N5O/c1-15(12-21(32-29-4)23-19(26)6-5-7-20(23)27)18-10-11-25(3,16(18)2)24(33)31-22-9-8-17(13-28)14-30-22/h5-9,12,14,16,18H,1,10-11H2,2-4H3,(H,30,31,33)/b21-12-,32-29?/t16?,18-,25+/m1/s1. The van der Waals surface area contributed by atoms with E-state index in [4.69, 9.17) is 5.26 Å². The summed E-state index contributed by atoms with van der Waals surface area (Å²) in [6.45, 7) is 7.98. The first-order chi connectivity index (χ1) is 15.7. The molecule has 1 N–H and O–H groups in total. The Morgan fingerprint density at radius 2 is 2.03 bits per heavy atom. The molecule has 0 saturated heterocycles. The second-order valence-electron chi connectivity index (χ2n) is 8.35. The topological polar surface area (TPSA) is 90.5 Å². The minimum atomic E-state index is -0.736. The molecule has 33 heavy (non-hydrogen) atoms. The molecule has 1 heterocycles. The number of nitrogens with one attached hydrogen (secondary N) is 1. The minimum Gasteiger partial charge on any atom is -0.310 e. The summed E-state index contributed by atoms with van der Waals surface area (Å²) in [5.41, 5.74) is 0.114. The van der Waals surface area contributed by atoms with E-state index in [-0.39, 0.29) is 29.0 Å². The van der Waals surface area contributed by atoms with Crippen molar-refractivity contribution in [3.05, 3.63) is 77.5 Å². The highest BCUT2D eigenvalue weighted by atomic mass is 19.1. The predicted octanol–water partition coefficient (Wildman–Crippen LogP) is 5.90. The third-order valence-electron chi connectivity index (χ3n) is 6.46. The van der Waals surface area contributed by atoms with Gasteiger partial charge in [-0.25, -0.2) is 13.8 Å². The average molecular weight is 450 g/mol. The van der Waals surface area contributed by atoms with Gasteiger partial charge in [0.2, 0.25) is 5.91 Å². The number of benzene rings is 1. The summed E-state index contributed by atoms with van der Waals surface area (Å²) in [4.78, 5) is 17.2.